The lowest BCUT2D eigenvalue weighted by molar-refractivity contribution is -0.115. The molecule has 0 aliphatic heterocycles. The second kappa shape index (κ2) is 7.15. The maximum atomic E-state index is 12.1. The fraction of sp³-hybridized carbons (Fsp3) is 0.235. The summed E-state index contributed by atoms with van der Waals surface area (Å²) in [6.45, 7) is 2.09. The van der Waals surface area contributed by atoms with Crippen molar-refractivity contribution < 1.29 is 4.79 Å². The molecule has 0 saturated heterocycles. The highest BCUT2D eigenvalue weighted by Crippen LogP contribution is 2.14. The van der Waals surface area contributed by atoms with Crippen molar-refractivity contribution in [2.75, 3.05) is 5.32 Å². The van der Waals surface area contributed by atoms with Crippen LogP contribution in [0.15, 0.2) is 54.6 Å². The van der Waals surface area contributed by atoms with Gasteiger partial charge in [0.25, 0.3) is 0 Å². The van der Waals surface area contributed by atoms with Gasteiger partial charge in [-0.05, 0) is 36.1 Å². The lowest BCUT2D eigenvalue weighted by Crippen LogP contribution is -2.25. The van der Waals surface area contributed by atoms with Gasteiger partial charge in [-0.2, -0.15) is 12.6 Å². The molecule has 0 aromatic heterocycles. The first kappa shape index (κ1) is 14.7. The van der Waals surface area contributed by atoms with Crippen LogP contribution in [0, 0.1) is 0 Å². The number of carbonyl (C=O) groups excluding carboxylic acids is 1. The van der Waals surface area contributed by atoms with Crippen molar-refractivity contribution in [1.29, 1.82) is 0 Å². The van der Waals surface area contributed by atoms with Gasteiger partial charge in [0.2, 0.25) is 5.91 Å². The summed E-state index contributed by atoms with van der Waals surface area (Å²) in [6.07, 6.45) is 1.58. The maximum Gasteiger partial charge on any atom is 0.237 e. The van der Waals surface area contributed by atoms with Gasteiger partial charge in [0, 0.05) is 5.69 Å². The van der Waals surface area contributed by atoms with Crippen LogP contribution in [-0.4, -0.2) is 11.2 Å². The van der Waals surface area contributed by atoms with Crippen molar-refractivity contribution in [3.63, 3.8) is 0 Å². The Hall–Kier alpha value is -1.74. The fourth-order valence-corrected chi connectivity index (χ4v) is 2.30. The van der Waals surface area contributed by atoms with Crippen LogP contribution in [0.1, 0.15) is 18.1 Å². The molecule has 2 nitrogen and oxygen atoms in total. The molecule has 1 unspecified atom stereocenters. The van der Waals surface area contributed by atoms with Gasteiger partial charge in [-0.15, -0.1) is 0 Å². The molecule has 104 valence electrons. The molecule has 3 heteroatoms. The number of hydrogen-bond acceptors (Lipinski definition) is 2. The van der Waals surface area contributed by atoms with E-state index in [1.165, 1.54) is 5.56 Å². The smallest absolute Gasteiger partial charge is 0.237 e. The van der Waals surface area contributed by atoms with Crippen LogP contribution in [-0.2, 0) is 17.6 Å². The molecule has 1 atom stereocenters. The molecular formula is C17H19NOS. The molecule has 0 heterocycles. The van der Waals surface area contributed by atoms with E-state index < -0.39 is 0 Å². The van der Waals surface area contributed by atoms with Gasteiger partial charge in [-0.25, -0.2) is 0 Å². The first-order valence-electron chi connectivity index (χ1n) is 6.81. The lowest BCUT2D eigenvalue weighted by atomic mass is 10.1. The van der Waals surface area contributed by atoms with E-state index in [4.69, 9.17) is 0 Å². The monoisotopic (exact) mass is 285 g/mol. The SMILES string of the molecule is CCc1cccc(NC(=O)C(S)Cc2ccccc2)c1. The molecule has 0 bridgehead atoms. The minimum atomic E-state index is -0.345. The van der Waals surface area contributed by atoms with Gasteiger partial charge in [0.05, 0.1) is 5.25 Å². The fourth-order valence-electron chi connectivity index (χ4n) is 2.02. The molecule has 2 rings (SSSR count). The Morgan fingerprint density at radius 1 is 1.10 bits per heavy atom. The minimum Gasteiger partial charge on any atom is -0.325 e. The minimum absolute atomic E-state index is 0.0644. The molecule has 0 radical (unpaired) electrons. The Kier molecular flexibility index (Phi) is 5.24. The van der Waals surface area contributed by atoms with Crippen LogP contribution >= 0.6 is 12.6 Å². The first-order chi connectivity index (χ1) is 9.69. The second-order valence-corrected chi connectivity index (χ2v) is 5.37. The Balaban J connectivity index is 1.97. The van der Waals surface area contributed by atoms with Crippen molar-refractivity contribution >= 4 is 24.2 Å². The molecule has 0 saturated carbocycles. The number of thiol groups is 1. The number of hydrogen-bond donors (Lipinski definition) is 2. The largest absolute Gasteiger partial charge is 0.325 e. The average Bonchev–Trinajstić information content (AvgIpc) is 2.48. The summed E-state index contributed by atoms with van der Waals surface area (Å²) in [5.41, 5.74) is 3.16. The van der Waals surface area contributed by atoms with Crippen molar-refractivity contribution in [3.8, 4) is 0 Å². The quantitative estimate of drug-likeness (QED) is 0.805. The Morgan fingerprint density at radius 2 is 1.80 bits per heavy atom. The second-order valence-electron chi connectivity index (χ2n) is 4.75. The summed E-state index contributed by atoms with van der Waals surface area (Å²) >= 11 is 4.40. The van der Waals surface area contributed by atoms with Crippen LogP contribution in [0.5, 0.6) is 0 Å². The van der Waals surface area contributed by atoms with Crippen molar-refractivity contribution in [2.45, 2.75) is 25.0 Å². The van der Waals surface area contributed by atoms with Gasteiger partial charge >= 0.3 is 0 Å². The highest BCUT2D eigenvalue weighted by Gasteiger charge is 2.14. The Labute approximate surface area is 125 Å². The predicted molar refractivity (Wildman–Crippen MR) is 87.4 cm³/mol. The topological polar surface area (TPSA) is 29.1 Å². The summed E-state index contributed by atoms with van der Waals surface area (Å²) in [6, 6.07) is 17.8. The van der Waals surface area contributed by atoms with Gasteiger partial charge in [-0.1, -0.05) is 49.4 Å². The summed E-state index contributed by atoms with van der Waals surface area (Å²) in [5, 5.41) is 2.58. The van der Waals surface area contributed by atoms with Gasteiger partial charge in [0.15, 0.2) is 0 Å². The van der Waals surface area contributed by atoms with Crippen molar-refractivity contribution in [2.24, 2.45) is 0 Å². The predicted octanol–water partition coefficient (Wildman–Crippen LogP) is 3.73. The highest BCUT2D eigenvalue weighted by molar-refractivity contribution is 7.81. The van der Waals surface area contributed by atoms with Crippen LogP contribution < -0.4 is 5.32 Å². The molecule has 1 amide bonds. The zero-order chi connectivity index (χ0) is 14.4. The van der Waals surface area contributed by atoms with Gasteiger partial charge in [0.1, 0.15) is 0 Å². The third kappa shape index (κ3) is 4.14. The van der Waals surface area contributed by atoms with Crippen LogP contribution in [0.3, 0.4) is 0 Å². The number of rotatable bonds is 5. The summed E-state index contributed by atoms with van der Waals surface area (Å²) < 4.78 is 0. The van der Waals surface area contributed by atoms with E-state index in [1.54, 1.807) is 0 Å². The lowest BCUT2D eigenvalue weighted by Gasteiger charge is -2.12. The van der Waals surface area contributed by atoms with Crippen LogP contribution in [0.2, 0.25) is 0 Å². The summed E-state index contributed by atoms with van der Waals surface area (Å²) in [4.78, 5) is 12.1. The van der Waals surface area contributed by atoms with Crippen LogP contribution in [0.25, 0.3) is 0 Å². The van der Waals surface area contributed by atoms with E-state index in [2.05, 4.69) is 30.9 Å². The Bertz CT molecular complexity index is 568. The zero-order valence-electron chi connectivity index (χ0n) is 11.5. The number of anilines is 1. The molecule has 2 aromatic rings. The number of carbonyl (C=O) groups is 1. The van der Waals surface area contributed by atoms with E-state index in [0.717, 1.165) is 17.7 Å². The standard InChI is InChI=1S/C17H19NOS/c1-2-13-9-6-10-15(11-13)18-17(19)16(20)12-14-7-4-3-5-8-14/h3-11,16,20H,2,12H2,1H3,(H,18,19). The highest BCUT2D eigenvalue weighted by atomic mass is 32.1. The van der Waals surface area contributed by atoms with Gasteiger partial charge < -0.3 is 5.32 Å². The maximum absolute atomic E-state index is 12.1. The third-order valence-corrected chi connectivity index (χ3v) is 3.59. The normalized spacial score (nSPS) is 11.9. The molecular weight excluding hydrogens is 266 g/mol. The molecule has 0 fully saturated rings. The third-order valence-electron chi connectivity index (χ3n) is 3.18. The molecule has 20 heavy (non-hydrogen) atoms. The van der Waals surface area contributed by atoms with E-state index in [1.807, 2.05) is 48.5 Å². The van der Waals surface area contributed by atoms with E-state index in [0.29, 0.717) is 6.42 Å². The zero-order valence-corrected chi connectivity index (χ0v) is 12.4. The van der Waals surface area contributed by atoms with Crippen LogP contribution in [0.4, 0.5) is 5.69 Å². The van der Waals surface area contributed by atoms with Crippen molar-refractivity contribution in [3.05, 3.63) is 65.7 Å². The van der Waals surface area contributed by atoms with E-state index in [-0.39, 0.29) is 11.2 Å². The molecule has 1 N–H and O–H groups in total. The Morgan fingerprint density at radius 3 is 2.50 bits per heavy atom. The molecule has 0 aliphatic carbocycles. The number of nitrogens with one attached hydrogen (secondary N) is 1. The van der Waals surface area contributed by atoms with E-state index in [9.17, 15) is 4.79 Å². The molecule has 2 aromatic carbocycles. The first-order valence-corrected chi connectivity index (χ1v) is 7.32. The molecule has 0 spiro atoms. The van der Waals surface area contributed by atoms with E-state index >= 15 is 0 Å². The average molecular weight is 285 g/mol. The summed E-state index contributed by atoms with van der Waals surface area (Å²) in [5.74, 6) is -0.0644. The molecule has 0 aliphatic rings. The number of aryl methyl sites for hydroxylation is 1. The number of benzene rings is 2. The van der Waals surface area contributed by atoms with Gasteiger partial charge in [-0.3, -0.25) is 4.79 Å². The number of amides is 1. The van der Waals surface area contributed by atoms with Crippen molar-refractivity contribution in [1.82, 2.24) is 0 Å². The summed E-state index contributed by atoms with van der Waals surface area (Å²) in [7, 11) is 0.